The van der Waals surface area contributed by atoms with Crippen molar-refractivity contribution < 1.29 is 0 Å². The molecule has 2 aliphatic rings. The third-order valence-electron chi connectivity index (χ3n) is 5.58. The van der Waals surface area contributed by atoms with Crippen LogP contribution in [0, 0.1) is 5.41 Å². The lowest BCUT2D eigenvalue weighted by Gasteiger charge is -2.51. The summed E-state index contributed by atoms with van der Waals surface area (Å²) >= 11 is 6.05. The van der Waals surface area contributed by atoms with Crippen LogP contribution in [0.3, 0.4) is 0 Å². The predicted molar refractivity (Wildman–Crippen MR) is 85.4 cm³/mol. The van der Waals surface area contributed by atoms with Crippen molar-refractivity contribution in [3.8, 4) is 0 Å². The second-order valence-corrected chi connectivity index (χ2v) is 7.14. The monoisotopic (exact) mass is 292 g/mol. The second kappa shape index (κ2) is 5.67. The van der Waals surface area contributed by atoms with E-state index < -0.39 is 0 Å². The molecular formula is C17H25ClN2. The van der Waals surface area contributed by atoms with Gasteiger partial charge in [-0.1, -0.05) is 23.7 Å². The number of likely N-dealkylation sites (tertiary alicyclic amines) is 1. The first kappa shape index (κ1) is 14.4. The van der Waals surface area contributed by atoms with Crippen molar-refractivity contribution in [3.63, 3.8) is 0 Å². The highest BCUT2D eigenvalue weighted by molar-refractivity contribution is 6.30. The van der Waals surface area contributed by atoms with E-state index in [0.29, 0.717) is 17.4 Å². The molecule has 3 rings (SSSR count). The van der Waals surface area contributed by atoms with Gasteiger partial charge in [0.25, 0.3) is 0 Å². The van der Waals surface area contributed by atoms with Crippen molar-refractivity contribution in [2.75, 3.05) is 26.7 Å². The molecular weight excluding hydrogens is 268 g/mol. The molecule has 2 fully saturated rings. The van der Waals surface area contributed by atoms with E-state index in [1.807, 2.05) is 12.1 Å². The predicted octanol–water partition coefficient (Wildman–Crippen LogP) is 3.52. The van der Waals surface area contributed by atoms with Gasteiger partial charge in [-0.2, -0.15) is 0 Å². The Morgan fingerprint density at radius 1 is 1.25 bits per heavy atom. The van der Waals surface area contributed by atoms with Gasteiger partial charge in [-0.25, -0.2) is 0 Å². The first-order valence-electron chi connectivity index (χ1n) is 7.77. The smallest absolute Gasteiger partial charge is 0.0406 e. The second-order valence-electron chi connectivity index (χ2n) is 6.70. The molecule has 2 heterocycles. The van der Waals surface area contributed by atoms with Gasteiger partial charge in [0.1, 0.15) is 0 Å². The highest BCUT2D eigenvalue weighted by Gasteiger charge is 2.44. The van der Waals surface area contributed by atoms with Crippen LogP contribution < -0.4 is 5.32 Å². The molecule has 1 aromatic rings. The van der Waals surface area contributed by atoms with Gasteiger partial charge in [0.2, 0.25) is 0 Å². The van der Waals surface area contributed by atoms with E-state index in [-0.39, 0.29) is 0 Å². The minimum absolute atomic E-state index is 0.477. The van der Waals surface area contributed by atoms with E-state index in [2.05, 4.69) is 36.3 Å². The number of benzene rings is 1. The van der Waals surface area contributed by atoms with E-state index in [4.69, 9.17) is 11.6 Å². The van der Waals surface area contributed by atoms with Gasteiger partial charge in [-0.05, 0) is 69.4 Å². The fourth-order valence-electron chi connectivity index (χ4n) is 4.15. The Morgan fingerprint density at radius 2 is 2.00 bits per heavy atom. The summed E-state index contributed by atoms with van der Waals surface area (Å²) in [5.74, 6) is 0.629. The molecule has 110 valence electrons. The van der Waals surface area contributed by atoms with Gasteiger partial charge < -0.3 is 10.2 Å². The lowest BCUT2D eigenvalue weighted by molar-refractivity contribution is 0.0321. The summed E-state index contributed by atoms with van der Waals surface area (Å²) in [6.45, 7) is 5.88. The summed E-state index contributed by atoms with van der Waals surface area (Å²) in [5, 5.41) is 4.44. The maximum Gasteiger partial charge on any atom is 0.0406 e. The maximum absolute atomic E-state index is 6.05. The maximum atomic E-state index is 6.05. The average molecular weight is 293 g/mol. The lowest BCUT2D eigenvalue weighted by atomic mass is 9.61. The molecule has 0 aromatic heterocycles. The summed E-state index contributed by atoms with van der Waals surface area (Å²) in [4.78, 5) is 2.51. The van der Waals surface area contributed by atoms with Crippen LogP contribution in [0.4, 0.5) is 0 Å². The van der Waals surface area contributed by atoms with Gasteiger partial charge in [0, 0.05) is 23.5 Å². The topological polar surface area (TPSA) is 15.3 Å². The Balaban J connectivity index is 1.89. The standard InChI is InChI=1S/C17H25ClN2/c1-13-11-17(8-10-20(13)2)7-9-19-12-16(17)14-3-5-15(18)6-4-14/h3-6,13,16,19H,7-12H2,1-2H3. The Morgan fingerprint density at radius 3 is 2.70 bits per heavy atom. The molecule has 1 aromatic carbocycles. The summed E-state index contributed by atoms with van der Waals surface area (Å²) in [7, 11) is 2.26. The van der Waals surface area contributed by atoms with E-state index in [1.165, 1.54) is 37.9 Å². The third kappa shape index (κ3) is 2.61. The number of hydrogen-bond donors (Lipinski definition) is 1. The van der Waals surface area contributed by atoms with Crippen LogP contribution in [0.5, 0.6) is 0 Å². The largest absolute Gasteiger partial charge is 0.316 e. The van der Waals surface area contributed by atoms with E-state index in [9.17, 15) is 0 Å². The number of nitrogens with zero attached hydrogens (tertiary/aromatic N) is 1. The highest BCUT2D eigenvalue weighted by Crippen LogP contribution is 2.49. The number of nitrogens with one attached hydrogen (secondary N) is 1. The molecule has 2 nitrogen and oxygen atoms in total. The Hall–Kier alpha value is -0.570. The van der Waals surface area contributed by atoms with Crippen LogP contribution in [0.15, 0.2) is 24.3 Å². The molecule has 0 bridgehead atoms. The third-order valence-corrected chi connectivity index (χ3v) is 5.83. The zero-order valence-electron chi connectivity index (χ0n) is 12.5. The molecule has 0 radical (unpaired) electrons. The van der Waals surface area contributed by atoms with Crippen LogP contribution in [-0.2, 0) is 0 Å². The van der Waals surface area contributed by atoms with Crippen molar-refractivity contribution in [2.45, 2.75) is 38.1 Å². The normalized spacial score (nSPS) is 35.4. The molecule has 0 amide bonds. The molecule has 3 heteroatoms. The van der Waals surface area contributed by atoms with Crippen LogP contribution >= 0.6 is 11.6 Å². The molecule has 0 saturated carbocycles. The van der Waals surface area contributed by atoms with Gasteiger partial charge in [-0.15, -0.1) is 0 Å². The Kier molecular flexibility index (Phi) is 4.07. The van der Waals surface area contributed by atoms with Gasteiger partial charge in [-0.3, -0.25) is 0 Å². The van der Waals surface area contributed by atoms with E-state index >= 15 is 0 Å². The van der Waals surface area contributed by atoms with Crippen LogP contribution in [-0.4, -0.2) is 37.6 Å². The Labute approximate surface area is 127 Å². The summed E-state index contributed by atoms with van der Waals surface area (Å²) in [6.07, 6.45) is 3.94. The molecule has 20 heavy (non-hydrogen) atoms. The van der Waals surface area contributed by atoms with Gasteiger partial charge in [0.05, 0.1) is 0 Å². The number of piperidine rings is 2. The van der Waals surface area contributed by atoms with Crippen molar-refractivity contribution in [2.24, 2.45) is 5.41 Å². The molecule has 2 saturated heterocycles. The molecule has 1 N–H and O–H groups in total. The van der Waals surface area contributed by atoms with Crippen LogP contribution in [0.25, 0.3) is 0 Å². The SMILES string of the molecule is CC1CC2(CCNCC2c2ccc(Cl)cc2)CCN1C. The fraction of sp³-hybridized carbons (Fsp3) is 0.647. The van der Waals surface area contributed by atoms with E-state index in [0.717, 1.165) is 11.6 Å². The molecule has 2 aliphatic heterocycles. The summed E-state index contributed by atoms with van der Waals surface area (Å²) < 4.78 is 0. The van der Waals surface area contributed by atoms with E-state index in [1.54, 1.807) is 0 Å². The molecule has 0 aliphatic carbocycles. The lowest BCUT2D eigenvalue weighted by Crippen LogP contribution is -2.52. The number of rotatable bonds is 1. The van der Waals surface area contributed by atoms with Gasteiger partial charge >= 0.3 is 0 Å². The van der Waals surface area contributed by atoms with Crippen LogP contribution in [0.1, 0.15) is 37.7 Å². The fourth-order valence-corrected chi connectivity index (χ4v) is 4.28. The zero-order chi connectivity index (χ0) is 14.2. The minimum atomic E-state index is 0.477. The Bertz CT molecular complexity index is 459. The zero-order valence-corrected chi connectivity index (χ0v) is 13.3. The van der Waals surface area contributed by atoms with Crippen molar-refractivity contribution in [3.05, 3.63) is 34.9 Å². The van der Waals surface area contributed by atoms with Crippen molar-refractivity contribution in [1.82, 2.24) is 10.2 Å². The number of halogens is 1. The average Bonchev–Trinajstić information content (AvgIpc) is 2.45. The van der Waals surface area contributed by atoms with Crippen molar-refractivity contribution >= 4 is 11.6 Å². The summed E-state index contributed by atoms with van der Waals surface area (Å²) in [5.41, 5.74) is 1.93. The van der Waals surface area contributed by atoms with Crippen molar-refractivity contribution in [1.29, 1.82) is 0 Å². The highest BCUT2D eigenvalue weighted by atomic mass is 35.5. The minimum Gasteiger partial charge on any atom is -0.316 e. The first-order chi connectivity index (χ1) is 9.61. The van der Waals surface area contributed by atoms with Crippen LogP contribution in [0.2, 0.25) is 5.02 Å². The molecule has 1 spiro atoms. The number of hydrogen-bond acceptors (Lipinski definition) is 2. The molecule has 3 unspecified atom stereocenters. The summed E-state index contributed by atoms with van der Waals surface area (Å²) in [6, 6.07) is 9.22. The first-order valence-corrected chi connectivity index (χ1v) is 8.15. The molecule has 3 atom stereocenters. The van der Waals surface area contributed by atoms with Gasteiger partial charge in [0.15, 0.2) is 0 Å². The quantitative estimate of drug-likeness (QED) is 0.852.